The van der Waals surface area contributed by atoms with E-state index in [-0.39, 0.29) is 59.3 Å². The Hall–Kier alpha value is -1.89. The predicted octanol–water partition coefficient (Wildman–Crippen LogP) is 4.23. The third kappa shape index (κ3) is 7.06. The highest BCUT2D eigenvalue weighted by Gasteiger charge is 2.26. The van der Waals surface area contributed by atoms with Gasteiger partial charge >= 0.3 is 0 Å². The highest BCUT2D eigenvalue weighted by Crippen LogP contribution is 2.29. The molecule has 0 aliphatic carbocycles. The average molecular weight is 469 g/mol. The molecule has 0 aromatic carbocycles. The maximum absolute atomic E-state index is 13.2. The van der Waals surface area contributed by atoms with E-state index >= 15 is 0 Å². The molecule has 0 radical (unpaired) electrons. The summed E-state index contributed by atoms with van der Waals surface area (Å²) in [5, 5.41) is 6.43. The van der Waals surface area contributed by atoms with Gasteiger partial charge in [-0.05, 0) is 68.0 Å². The number of piperidine rings is 1. The fraction of sp³-hybridized carbons (Fsp3) is 0.522. The van der Waals surface area contributed by atoms with Crippen molar-refractivity contribution in [2.45, 2.75) is 59.0 Å². The first-order valence-electron chi connectivity index (χ1n) is 10.4. The molecular weight excluding hydrogens is 435 g/mol. The largest absolute Gasteiger partial charge is 0.345 e. The molecule has 8 heteroatoms. The molecule has 1 aliphatic rings. The fourth-order valence-corrected chi connectivity index (χ4v) is 3.97. The van der Waals surface area contributed by atoms with Crippen molar-refractivity contribution in [3.05, 3.63) is 63.8 Å². The summed E-state index contributed by atoms with van der Waals surface area (Å²) in [5.74, 6) is -0.311. The Balaban J connectivity index is 0.00000240. The van der Waals surface area contributed by atoms with E-state index in [0.29, 0.717) is 5.56 Å². The number of hydrogen-bond acceptors (Lipinski definition) is 4. The highest BCUT2D eigenvalue weighted by molar-refractivity contribution is 5.95. The lowest BCUT2D eigenvalue weighted by molar-refractivity contribution is 0.0923. The van der Waals surface area contributed by atoms with Gasteiger partial charge in [-0.1, -0.05) is 26.8 Å². The van der Waals surface area contributed by atoms with E-state index < -0.39 is 0 Å². The minimum absolute atomic E-state index is 0. The van der Waals surface area contributed by atoms with Gasteiger partial charge in [-0.2, -0.15) is 0 Å². The van der Waals surface area contributed by atoms with Crippen molar-refractivity contribution in [1.82, 2.24) is 20.2 Å². The Labute approximate surface area is 197 Å². The Morgan fingerprint density at radius 2 is 1.94 bits per heavy atom. The second-order valence-corrected chi connectivity index (χ2v) is 9.14. The van der Waals surface area contributed by atoms with Crippen molar-refractivity contribution in [3.63, 3.8) is 0 Å². The molecule has 172 valence electrons. The number of aryl methyl sites for hydroxylation is 1. The van der Waals surface area contributed by atoms with Crippen LogP contribution in [0.15, 0.2) is 41.6 Å². The van der Waals surface area contributed by atoms with E-state index in [9.17, 15) is 9.59 Å². The van der Waals surface area contributed by atoms with Crippen molar-refractivity contribution in [1.29, 1.82) is 0 Å². The molecule has 0 saturated carbocycles. The summed E-state index contributed by atoms with van der Waals surface area (Å²) >= 11 is 0. The number of carbonyl (C=O) groups is 1. The maximum Gasteiger partial charge on any atom is 0.263 e. The van der Waals surface area contributed by atoms with Gasteiger partial charge in [0.15, 0.2) is 0 Å². The Bertz CT molecular complexity index is 904. The lowest BCUT2D eigenvalue weighted by Crippen LogP contribution is -2.39. The van der Waals surface area contributed by atoms with E-state index in [1.165, 1.54) is 0 Å². The van der Waals surface area contributed by atoms with Crippen LogP contribution in [-0.4, -0.2) is 28.5 Å². The normalized spacial score (nSPS) is 15.4. The summed E-state index contributed by atoms with van der Waals surface area (Å²) in [4.78, 5) is 30.6. The average Bonchev–Trinajstić information content (AvgIpc) is 2.68. The lowest BCUT2D eigenvalue weighted by atomic mass is 9.85. The van der Waals surface area contributed by atoms with Crippen LogP contribution in [-0.2, 0) is 0 Å². The van der Waals surface area contributed by atoms with Crippen molar-refractivity contribution in [2.24, 2.45) is 5.41 Å². The molecule has 6 nitrogen and oxygen atoms in total. The second kappa shape index (κ2) is 11.7. The molecule has 2 aromatic rings. The van der Waals surface area contributed by atoms with Crippen LogP contribution in [0, 0.1) is 12.3 Å². The third-order valence-corrected chi connectivity index (χ3v) is 5.47. The number of amides is 1. The van der Waals surface area contributed by atoms with Crippen LogP contribution in [0.25, 0.3) is 0 Å². The third-order valence-electron chi connectivity index (χ3n) is 5.47. The Morgan fingerprint density at radius 1 is 1.26 bits per heavy atom. The molecule has 0 bridgehead atoms. The van der Waals surface area contributed by atoms with Crippen molar-refractivity contribution >= 4 is 30.7 Å². The van der Waals surface area contributed by atoms with Gasteiger partial charge < -0.3 is 15.2 Å². The number of halogens is 2. The van der Waals surface area contributed by atoms with Gasteiger partial charge in [-0.3, -0.25) is 14.6 Å². The summed E-state index contributed by atoms with van der Waals surface area (Å²) in [6.45, 7) is 10.0. The zero-order valence-corrected chi connectivity index (χ0v) is 20.3. The van der Waals surface area contributed by atoms with E-state index in [1.807, 2.05) is 31.3 Å². The fourth-order valence-electron chi connectivity index (χ4n) is 3.97. The molecule has 1 unspecified atom stereocenters. The van der Waals surface area contributed by atoms with E-state index in [0.717, 1.165) is 37.9 Å². The van der Waals surface area contributed by atoms with Gasteiger partial charge in [0, 0.05) is 24.6 Å². The first kappa shape index (κ1) is 27.1. The van der Waals surface area contributed by atoms with Gasteiger partial charge in [0.1, 0.15) is 5.56 Å². The number of pyridine rings is 2. The first-order chi connectivity index (χ1) is 13.8. The topological polar surface area (TPSA) is 76.0 Å². The van der Waals surface area contributed by atoms with Gasteiger partial charge in [0.2, 0.25) is 0 Å². The summed E-state index contributed by atoms with van der Waals surface area (Å²) in [6.07, 6.45) is 7.87. The number of rotatable bonds is 5. The number of aromatic nitrogens is 2. The Morgan fingerprint density at radius 3 is 2.52 bits per heavy atom. The van der Waals surface area contributed by atoms with Crippen LogP contribution in [0.4, 0.5) is 0 Å². The van der Waals surface area contributed by atoms with Crippen LogP contribution in [0.1, 0.15) is 73.6 Å². The molecule has 1 fully saturated rings. The standard InChI is InChI=1S/C23H32N4O2.2ClH/c1-16-9-13-27(18-7-11-24-12-8-18)22(29)20(16)21(28)26-19(14-23(2,3)4)17-6-5-10-25-15-17;;/h5-6,9-10,13,15,18-19,24H,7-8,11-12,14H2,1-4H3,(H,26,28);2*1H. The quantitative estimate of drug-likeness (QED) is 0.688. The minimum Gasteiger partial charge on any atom is -0.345 e. The molecule has 31 heavy (non-hydrogen) atoms. The maximum atomic E-state index is 13.2. The summed E-state index contributed by atoms with van der Waals surface area (Å²) < 4.78 is 1.74. The molecule has 2 aromatic heterocycles. The van der Waals surface area contributed by atoms with Crippen LogP contribution in [0.2, 0.25) is 0 Å². The lowest BCUT2D eigenvalue weighted by Gasteiger charge is -2.28. The zero-order valence-electron chi connectivity index (χ0n) is 18.7. The van der Waals surface area contributed by atoms with Gasteiger partial charge in [0.25, 0.3) is 11.5 Å². The van der Waals surface area contributed by atoms with Crippen LogP contribution in [0.3, 0.4) is 0 Å². The molecule has 0 spiro atoms. The summed E-state index contributed by atoms with van der Waals surface area (Å²) in [6, 6.07) is 5.65. The van der Waals surface area contributed by atoms with E-state index in [2.05, 4.69) is 36.4 Å². The number of carbonyl (C=O) groups excluding carboxylic acids is 1. The van der Waals surface area contributed by atoms with Crippen molar-refractivity contribution in [3.8, 4) is 0 Å². The Kier molecular flexibility index (Phi) is 10.2. The molecule has 1 atom stereocenters. The van der Waals surface area contributed by atoms with Gasteiger partial charge in [0.05, 0.1) is 6.04 Å². The van der Waals surface area contributed by atoms with Crippen molar-refractivity contribution in [2.75, 3.05) is 13.1 Å². The molecular formula is C23H34Cl2N4O2. The second-order valence-electron chi connectivity index (χ2n) is 9.14. The highest BCUT2D eigenvalue weighted by atomic mass is 35.5. The van der Waals surface area contributed by atoms with Gasteiger partial charge in [-0.25, -0.2) is 0 Å². The van der Waals surface area contributed by atoms with Crippen LogP contribution in [0.5, 0.6) is 0 Å². The molecule has 3 heterocycles. The predicted molar refractivity (Wildman–Crippen MR) is 130 cm³/mol. The summed E-state index contributed by atoms with van der Waals surface area (Å²) in [7, 11) is 0. The molecule has 2 N–H and O–H groups in total. The molecule has 3 rings (SSSR count). The van der Waals surface area contributed by atoms with E-state index in [1.54, 1.807) is 17.0 Å². The van der Waals surface area contributed by atoms with Gasteiger partial charge in [-0.15, -0.1) is 24.8 Å². The molecule has 1 saturated heterocycles. The van der Waals surface area contributed by atoms with Crippen LogP contribution >= 0.6 is 24.8 Å². The molecule has 1 aliphatic heterocycles. The molecule has 1 amide bonds. The minimum atomic E-state index is -0.311. The SMILES string of the molecule is Cc1ccn(C2CCNCC2)c(=O)c1C(=O)NC(CC(C)(C)C)c1cccnc1.Cl.Cl. The first-order valence-corrected chi connectivity index (χ1v) is 10.4. The smallest absolute Gasteiger partial charge is 0.263 e. The van der Waals surface area contributed by atoms with Crippen LogP contribution < -0.4 is 16.2 Å². The number of hydrogen-bond donors (Lipinski definition) is 2. The van der Waals surface area contributed by atoms with Crippen molar-refractivity contribution < 1.29 is 4.79 Å². The number of nitrogens with zero attached hydrogens (tertiary/aromatic N) is 2. The monoisotopic (exact) mass is 468 g/mol. The number of nitrogens with one attached hydrogen (secondary N) is 2. The summed E-state index contributed by atoms with van der Waals surface area (Å²) in [5.41, 5.74) is 1.71. The zero-order chi connectivity index (χ0) is 21.0. The van der Waals surface area contributed by atoms with E-state index in [4.69, 9.17) is 0 Å².